The van der Waals surface area contributed by atoms with Crippen molar-refractivity contribution in [2.45, 2.75) is 104 Å². The molecule has 0 aromatic carbocycles. The van der Waals surface area contributed by atoms with Crippen LogP contribution in [0.15, 0.2) is 30.8 Å². The summed E-state index contributed by atoms with van der Waals surface area (Å²) in [7, 11) is 0. The average Bonchev–Trinajstić information content (AvgIpc) is 3.33. The Kier molecular flexibility index (Phi) is 10.1. The topological polar surface area (TPSA) is 109 Å². The molecule has 0 aliphatic heterocycles. The molecular weight excluding hydrogens is 384 g/mol. The number of H-pyrrole nitrogens is 2. The first-order valence-electron chi connectivity index (χ1n) is 11.0. The lowest BCUT2D eigenvalue weighted by atomic mass is 9.84. The van der Waals surface area contributed by atoms with Crippen LogP contribution in [0.5, 0.6) is 0 Å². The molecule has 0 aliphatic rings. The maximum absolute atomic E-state index is 12.1. The molecule has 2 aromatic heterocycles. The molecule has 0 saturated carbocycles. The van der Waals surface area contributed by atoms with Gasteiger partial charge in [-0.1, -0.05) is 54.4 Å². The molecule has 0 amide bonds. The van der Waals surface area contributed by atoms with Gasteiger partial charge in [-0.2, -0.15) is 10.3 Å². The number of ketones is 1. The van der Waals surface area contributed by atoms with Gasteiger partial charge in [0.05, 0.1) is 0 Å². The van der Waals surface area contributed by atoms with Gasteiger partial charge in [0.25, 0.3) is 11.1 Å². The van der Waals surface area contributed by atoms with Crippen molar-refractivity contribution in [1.29, 1.82) is 0 Å². The van der Waals surface area contributed by atoms with Crippen molar-refractivity contribution in [2.75, 3.05) is 0 Å². The Morgan fingerprint density at radius 1 is 0.767 bits per heavy atom. The van der Waals surface area contributed by atoms with Crippen LogP contribution in [-0.2, 0) is 15.6 Å². The van der Waals surface area contributed by atoms with Crippen molar-refractivity contribution in [1.82, 2.24) is 10.3 Å². The lowest BCUT2D eigenvalue weighted by Gasteiger charge is -2.21. The van der Waals surface area contributed by atoms with E-state index >= 15 is 0 Å². The molecule has 30 heavy (non-hydrogen) atoms. The number of hydrogen-bond donors (Lipinski definition) is 2. The van der Waals surface area contributed by atoms with E-state index in [4.69, 9.17) is 9.05 Å². The van der Waals surface area contributed by atoms with Gasteiger partial charge in [0.1, 0.15) is 17.3 Å². The third kappa shape index (κ3) is 8.20. The van der Waals surface area contributed by atoms with Crippen LogP contribution in [0.3, 0.4) is 0 Å². The fourth-order valence-electron chi connectivity index (χ4n) is 3.38. The summed E-state index contributed by atoms with van der Waals surface area (Å²) in [6, 6.07) is 2.98. The van der Waals surface area contributed by atoms with Gasteiger partial charge < -0.3 is 9.05 Å². The SMILES string of the molecule is CC.CC(C)(CCCCC(=O)CCCCC(C)(C)c1cc(=O)[nH]o1)c1cc(=O)[nH]o1. The third-order valence-electron chi connectivity index (χ3n) is 5.40. The number of carbonyl (C=O) groups excluding carboxylic acids is 1. The van der Waals surface area contributed by atoms with Gasteiger partial charge >= 0.3 is 0 Å². The molecular formula is C23H38N2O5. The summed E-state index contributed by atoms with van der Waals surface area (Å²) in [5.41, 5.74) is -0.887. The fourth-order valence-corrected chi connectivity index (χ4v) is 3.38. The van der Waals surface area contributed by atoms with Crippen LogP contribution in [0.2, 0.25) is 0 Å². The van der Waals surface area contributed by atoms with Gasteiger partial charge in [-0.05, 0) is 25.7 Å². The van der Waals surface area contributed by atoms with Crippen LogP contribution in [0, 0.1) is 0 Å². The van der Waals surface area contributed by atoms with Gasteiger partial charge in [0.2, 0.25) is 0 Å². The number of rotatable bonds is 12. The molecule has 2 rings (SSSR count). The van der Waals surface area contributed by atoms with Crippen molar-refractivity contribution in [3.05, 3.63) is 44.4 Å². The number of nitrogens with one attached hydrogen (secondary N) is 2. The molecule has 0 fully saturated rings. The predicted octanol–water partition coefficient (Wildman–Crippen LogP) is 5.22. The first-order valence-corrected chi connectivity index (χ1v) is 11.0. The first-order chi connectivity index (χ1) is 14.1. The van der Waals surface area contributed by atoms with Crippen LogP contribution in [0.4, 0.5) is 0 Å². The van der Waals surface area contributed by atoms with Crippen LogP contribution in [-0.4, -0.2) is 16.1 Å². The second kappa shape index (κ2) is 11.8. The molecule has 0 aliphatic carbocycles. The summed E-state index contributed by atoms with van der Waals surface area (Å²) in [6.07, 6.45) is 6.40. The van der Waals surface area contributed by atoms with Gasteiger partial charge in [0, 0.05) is 35.8 Å². The Morgan fingerprint density at radius 3 is 1.43 bits per heavy atom. The van der Waals surface area contributed by atoms with E-state index in [1.54, 1.807) is 0 Å². The van der Waals surface area contributed by atoms with Gasteiger partial charge in [-0.25, -0.2) is 0 Å². The monoisotopic (exact) mass is 422 g/mol. The van der Waals surface area contributed by atoms with E-state index in [9.17, 15) is 14.4 Å². The number of carbonyl (C=O) groups is 1. The normalized spacial score (nSPS) is 11.8. The summed E-state index contributed by atoms with van der Waals surface area (Å²) in [5, 5.41) is 4.65. The fraction of sp³-hybridized carbons (Fsp3) is 0.696. The van der Waals surface area contributed by atoms with Crippen molar-refractivity contribution >= 4 is 5.78 Å². The second-order valence-electron chi connectivity index (χ2n) is 8.87. The van der Waals surface area contributed by atoms with Crippen LogP contribution in [0.1, 0.15) is 104 Å². The van der Waals surface area contributed by atoms with Crippen LogP contribution in [0.25, 0.3) is 0 Å². The minimum atomic E-state index is -0.222. The number of Topliss-reactive ketones (excluding diaryl/α,β-unsaturated/α-hetero) is 1. The molecule has 2 N–H and O–H groups in total. The number of aromatic nitrogens is 2. The molecule has 7 heteroatoms. The number of hydrogen-bond acceptors (Lipinski definition) is 5. The van der Waals surface area contributed by atoms with E-state index in [1.165, 1.54) is 12.1 Å². The van der Waals surface area contributed by atoms with Crippen LogP contribution >= 0.6 is 0 Å². The average molecular weight is 423 g/mol. The first kappa shape index (κ1) is 25.7. The molecule has 0 unspecified atom stereocenters. The summed E-state index contributed by atoms with van der Waals surface area (Å²) in [5.74, 6) is 1.60. The van der Waals surface area contributed by atoms with E-state index in [0.717, 1.165) is 38.5 Å². The summed E-state index contributed by atoms with van der Waals surface area (Å²) < 4.78 is 10.4. The predicted molar refractivity (Wildman–Crippen MR) is 118 cm³/mol. The van der Waals surface area contributed by atoms with Gasteiger partial charge in [-0.3, -0.25) is 14.4 Å². The van der Waals surface area contributed by atoms with E-state index in [0.29, 0.717) is 24.4 Å². The summed E-state index contributed by atoms with van der Waals surface area (Å²) in [6.45, 7) is 12.1. The highest BCUT2D eigenvalue weighted by molar-refractivity contribution is 5.78. The smallest absolute Gasteiger partial charge is 0.280 e. The maximum atomic E-state index is 12.1. The standard InChI is InChI=1S/C21H32N2O5.C2H6/c1-20(2,16-13-18(25)22-27-16)11-7-5-9-15(24)10-6-8-12-21(3,4)17-14-19(26)23-28-17;1-2/h13-14H,5-12H2,1-4H3,(H,22,25)(H,23,26);1-2H3. The Morgan fingerprint density at radius 2 is 1.13 bits per heavy atom. The molecule has 0 spiro atoms. The molecule has 0 atom stereocenters. The molecule has 0 radical (unpaired) electrons. The summed E-state index contributed by atoms with van der Waals surface area (Å²) >= 11 is 0. The van der Waals surface area contributed by atoms with Gasteiger partial charge in [-0.15, -0.1) is 0 Å². The lowest BCUT2D eigenvalue weighted by molar-refractivity contribution is -0.119. The molecule has 2 aromatic rings. The van der Waals surface area contributed by atoms with Crippen molar-refractivity contribution < 1.29 is 13.8 Å². The van der Waals surface area contributed by atoms with E-state index < -0.39 is 0 Å². The highest BCUT2D eigenvalue weighted by atomic mass is 16.5. The molecule has 170 valence electrons. The van der Waals surface area contributed by atoms with E-state index in [-0.39, 0.29) is 27.7 Å². The molecule has 7 nitrogen and oxygen atoms in total. The summed E-state index contributed by atoms with van der Waals surface area (Å²) in [4.78, 5) is 34.5. The molecule has 0 saturated heterocycles. The Hall–Kier alpha value is -2.31. The zero-order valence-electron chi connectivity index (χ0n) is 19.4. The largest absolute Gasteiger partial charge is 0.383 e. The number of aromatic amines is 2. The molecule has 2 heterocycles. The van der Waals surface area contributed by atoms with Crippen molar-refractivity contribution in [3.63, 3.8) is 0 Å². The zero-order valence-corrected chi connectivity index (χ0v) is 19.4. The zero-order chi connectivity index (χ0) is 22.8. The number of unbranched alkanes of at least 4 members (excludes halogenated alkanes) is 2. The van der Waals surface area contributed by atoms with Crippen molar-refractivity contribution in [2.24, 2.45) is 0 Å². The highest BCUT2D eigenvalue weighted by Gasteiger charge is 2.25. The van der Waals surface area contributed by atoms with E-state index in [1.807, 2.05) is 41.5 Å². The highest BCUT2D eigenvalue weighted by Crippen LogP contribution is 2.29. The van der Waals surface area contributed by atoms with Crippen LogP contribution < -0.4 is 11.1 Å². The minimum Gasteiger partial charge on any atom is -0.383 e. The Bertz CT molecular complexity index is 796. The quantitative estimate of drug-likeness (QED) is 0.456. The van der Waals surface area contributed by atoms with E-state index in [2.05, 4.69) is 10.3 Å². The Labute approximate surface area is 178 Å². The van der Waals surface area contributed by atoms with Gasteiger partial charge in [0.15, 0.2) is 0 Å². The van der Waals surface area contributed by atoms with Crippen molar-refractivity contribution in [3.8, 4) is 0 Å². The molecule has 0 bridgehead atoms. The third-order valence-corrected chi connectivity index (χ3v) is 5.40. The lowest BCUT2D eigenvalue weighted by Crippen LogP contribution is -2.17. The maximum Gasteiger partial charge on any atom is 0.280 e. The minimum absolute atomic E-state index is 0.221. The second-order valence-corrected chi connectivity index (χ2v) is 8.87. The Balaban J connectivity index is 0.00000218.